The third kappa shape index (κ3) is 8.85. The van der Waals surface area contributed by atoms with Crippen LogP contribution in [0.15, 0.2) is 29.3 Å². The lowest BCUT2D eigenvalue weighted by molar-refractivity contribution is -0.157. The Morgan fingerprint density at radius 3 is 2.56 bits per heavy atom. The van der Waals surface area contributed by atoms with E-state index in [0.717, 1.165) is 7.05 Å². The van der Waals surface area contributed by atoms with Gasteiger partial charge in [0.15, 0.2) is 5.96 Å². The number of carbonyl (C=O) groups is 1. The first-order chi connectivity index (χ1) is 12.7. The van der Waals surface area contributed by atoms with Crippen molar-refractivity contribution in [3.05, 3.63) is 29.3 Å². The van der Waals surface area contributed by atoms with Crippen molar-refractivity contribution in [1.29, 1.82) is 0 Å². The molecule has 1 amide bonds. The lowest BCUT2D eigenvalue weighted by Crippen LogP contribution is -2.47. The van der Waals surface area contributed by atoms with Crippen molar-refractivity contribution >= 4 is 23.5 Å². The van der Waals surface area contributed by atoms with Gasteiger partial charge >= 0.3 is 6.18 Å². The SMILES string of the molecule is CCC(CNC(=NC)NCC(=O)N(C)CC(F)(F)F)Oc1ccccc1Cl. The lowest BCUT2D eigenvalue weighted by Gasteiger charge is -2.22. The third-order valence-electron chi connectivity index (χ3n) is 3.56. The molecule has 0 spiro atoms. The largest absolute Gasteiger partial charge is 0.487 e. The average Bonchev–Trinajstić information content (AvgIpc) is 2.60. The second-order valence-corrected chi connectivity index (χ2v) is 6.16. The summed E-state index contributed by atoms with van der Waals surface area (Å²) < 4.78 is 42.8. The van der Waals surface area contributed by atoms with Gasteiger partial charge in [0.2, 0.25) is 5.91 Å². The first-order valence-corrected chi connectivity index (χ1v) is 8.70. The Balaban J connectivity index is 2.48. The Morgan fingerprint density at radius 1 is 1.33 bits per heavy atom. The summed E-state index contributed by atoms with van der Waals surface area (Å²) in [5, 5.41) is 6.17. The maximum Gasteiger partial charge on any atom is 0.406 e. The number of rotatable bonds is 8. The smallest absolute Gasteiger partial charge is 0.406 e. The topological polar surface area (TPSA) is 66.0 Å². The molecule has 0 aliphatic heterocycles. The number of nitrogens with zero attached hydrogens (tertiary/aromatic N) is 2. The molecule has 152 valence electrons. The molecule has 0 radical (unpaired) electrons. The molecule has 0 bridgehead atoms. The maximum atomic E-state index is 12.3. The zero-order valence-electron chi connectivity index (χ0n) is 15.4. The van der Waals surface area contributed by atoms with Crippen LogP contribution in [0.2, 0.25) is 5.02 Å². The van der Waals surface area contributed by atoms with E-state index < -0.39 is 18.6 Å². The standard InChI is InChI=1S/C17H24ClF3N4O2/c1-4-12(27-14-8-6-5-7-13(14)18)9-23-16(22-2)24-10-15(26)25(3)11-17(19,20)21/h5-8,12H,4,9-11H2,1-3H3,(H2,22,23,24). The third-order valence-corrected chi connectivity index (χ3v) is 3.87. The fourth-order valence-electron chi connectivity index (χ4n) is 2.07. The summed E-state index contributed by atoms with van der Waals surface area (Å²) in [5.74, 6) is 0.138. The Labute approximate surface area is 161 Å². The average molecular weight is 409 g/mol. The number of halogens is 4. The number of amides is 1. The van der Waals surface area contributed by atoms with Crippen LogP contribution >= 0.6 is 11.6 Å². The summed E-state index contributed by atoms with van der Waals surface area (Å²) in [6, 6.07) is 7.09. The molecular formula is C17H24ClF3N4O2. The highest BCUT2D eigenvalue weighted by Crippen LogP contribution is 2.24. The molecule has 1 aromatic rings. The van der Waals surface area contributed by atoms with Crippen LogP contribution in [0.5, 0.6) is 5.75 Å². The number of hydrogen-bond acceptors (Lipinski definition) is 3. The number of carbonyl (C=O) groups excluding carboxylic acids is 1. The van der Waals surface area contributed by atoms with E-state index in [9.17, 15) is 18.0 Å². The van der Waals surface area contributed by atoms with Crippen LogP contribution < -0.4 is 15.4 Å². The van der Waals surface area contributed by atoms with Gasteiger partial charge < -0.3 is 20.3 Å². The molecule has 0 aromatic heterocycles. The number of alkyl halides is 3. The number of guanidine groups is 1. The number of hydrogen-bond donors (Lipinski definition) is 2. The summed E-state index contributed by atoms with van der Waals surface area (Å²) in [7, 11) is 2.59. The highest BCUT2D eigenvalue weighted by atomic mass is 35.5. The lowest BCUT2D eigenvalue weighted by atomic mass is 10.2. The molecule has 1 atom stereocenters. The zero-order valence-corrected chi connectivity index (χ0v) is 16.2. The summed E-state index contributed by atoms with van der Waals surface area (Å²) in [6.45, 7) is 0.695. The summed E-state index contributed by atoms with van der Waals surface area (Å²) in [4.78, 5) is 16.3. The molecule has 2 N–H and O–H groups in total. The summed E-state index contributed by atoms with van der Waals surface area (Å²) in [5.41, 5.74) is 0. The Kier molecular flexibility index (Phi) is 9.20. The molecule has 6 nitrogen and oxygen atoms in total. The maximum absolute atomic E-state index is 12.3. The van der Waals surface area contributed by atoms with Crippen LogP contribution in [0.3, 0.4) is 0 Å². The highest BCUT2D eigenvalue weighted by Gasteiger charge is 2.31. The number of likely N-dealkylation sites (N-methyl/N-ethyl adjacent to an activating group) is 1. The van der Waals surface area contributed by atoms with Crippen molar-refractivity contribution in [3.8, 4) is 5.75 Å². The molecule has 27 heavy (non-hydrogen) atoms. The molecule has 0 saturated heterocycles. The van der Waals surface area contributed by atoms with Crippen molar-refractivity contribution in [1.82, 2.24) is 15.5 Å². The van der Waals surface area contributed by atoms with Crippen LogP contribution in [-0.4, -0.2) is 62.8 Å². The van der Waals surface area contributed by atoms with Gasteiger partial charge in [-0.2, -0.15) is 13.2 Å². The van der Waals surface area contributed by atoms with Crippen molar-refractivity contribution in [2.75, 3.05) is 33.7 Å². The Morgan fingerprint density at radius 2 is 2.00 bits per heavy atom. The van der Waals surface area contributed by atoms with E-state index >= 15 is 0 Å². The van der Waals surface area contributed by atoms with E-state index in [4.69, 9.17) is 16.3 Å². The van der Waals surface area contributed by atoms with E-state index in [1.807, 2.05) is 13.0 Å². The molecule has 1 rings (SSSR count). The summed E-state index contributed by atoms with van der Waals surface area (Å²) in [6.07, 6.45) is -3.97. The van der Waals surface area contributed by atoms with Gasteiger partial charge in [-0.3, -0.25) is 9.79 Å². The predicted octanol–water partition coefficient (Wildman–Crippen LogP) is 2.68. The van der Waals surface area contributed by atoms with Gasteiger partial charge in [-0.25, -0.2) is 0 Å². The molecule has 0 saturated carbocycles. The van der Waals surface area contributed by atoms with Crippen LogP contribution in [0.25, 0.3) is 0 Å². The minimum absolute atomic E-state index is 0.216. The van der Waals surface area contributed by atoms with E-state index in [1.165, 1.54) is 7.05 Å². The molecule has 10 heteroatoms. The van der Waals surface area contributed by atoms with Gasteiger partial charge in [0.1, 0.15) is 18.4 Å². The van der Waals surface area contributed by atoms with Gasteiger partial charge in [0, 0.05) is 14.1 Å². The van der Waals surface area contributed by atoms with E-state index in [-0.39, 0.29) is 18.6 Å². The van der Waals surface area contributed by atoms with Crippen LogP contribution in [0.4, 0.5) is 13.2 Å². The highest BCUT2D eigenvalue weighted by molar-refractivity contribution is 6.32. The number of nitrogens with one attached hydrogen (secondary N) is 2. The Bertz CT molecular complexity index is 641. The molecule has 0 aliphatic rings. The van der Waals surface area contributed by atoms with Gasteiger partial charge in [-0.1, -0.05) is 30.7 Å². The first-order valence-electron chi connectivity index (χ1n) is 8.32. The van der Waals surface area contributed by atoms with Crippen molar-refractivity contribution < 1.29 is 22.7 Å². The van der Waals surface area contributed by atoms with E-state index in [0.29, 0.717) is 28.6 Å². The van der Waals surface area contributed by atoms with Crippen LogP contribution in [0.1, 0.15) is 13.3 Å². The normalized spacial score (nSPS) is 13.1. The molecule has 0 fully saturated rings. The van der Waals surface area contributed by atoms with Crippen molar-refractivity contribution in [3.63, 3.8) is 0 Å². The minimum atomic E-state index is -4.44. The van der Waals surface area contributed by atoms with E-state index in [1.54, 1.807) is 18.2 Å². The van der Waals surface area contributed by atoms with Gasteiger partial charge in [0.05, 0.1) is 18.1 Å². The summed E-state index contributed by atoms with van der Waals surface area (Å²) >= 11 is 6.07. The fourth-order valence-corrected chi connectivity index (χ4v) is 2.25. The predicted molar refractivity (Wildman–Crippen MR) is 99.2 cm³/mol. The molecule has 0 heterocycles. The van der Waals surface area contributed by atoms with Gasteiger partial charge in [-0.15, -0.1) is 0 Å². The minimum Gasteiger partial charge on any atom is -0.487 e. The van der Waals surface area contributed by atoms with Crippen LogP contribution in [0, 0.1) is 0 Å². The van der Waals surface area contributed by atoms with Crippen molar-refractivity contribution in [2.45, 2.75) is 25.6 Å². The molecule has 1 aromatic carbocycles. The van der Waals surface area contributed by atoms with Crippen molar-refractivity contribution in [2.24, 2.45) is 4.99 Å². The monoisotopic (exact) mass is 408 g/mol. The van der Waals surface area contributed by atoms with Gasteiger partial charge in [0.25, 0.3) is 0 Å². The fraction of sp³-hybridized carbons (Fsp3) is 0.529. The second-order valence-electron chi connectivity index (χ2n) is 5.75. The second kappa shape index (κ2) is 10.9. The Hall–Kier alpha value is -2.16. The molecular weight excluding hydrogens is 385 g/mol. The van der Waals surface area contributed by atoms with Crippen LogP contribution in [-0.2, 0) is 4.79 Å². The number of ether oxygens (including phenoxy) is 1. The number of benzene rings is 1. The van der Waals surface area contributed by atoms with E-state index in [2.05, 4.69) is 15.6 Å². The molecule has 1 unspecified atom stereocenters. The quantitative estimate of drug-likeness (QED) is 0.512. The van der Waals surface area contributed by atoms with Gasteiger partial charge in [-0.05, 0) is 18.6 Å². The number of para-hydroxylation sites is 1. The first kappa shape index (κ1) is 22.9. The molecule has 0 aliphatic carbocycles. The zero-order chi connectivity index (χ0) is 20.4. The number of aliphatic imine (C=N–C) groups is 1.